The second-order valence-corrected chi connectivity index (χ2v) is 9.64. The van der Waals surface area contributed by atoms with Gasteiger partial charge in [-0.1, -0.05) is 13.8 Å². The molecule has 0 radical (unpaired) electrons. The van der Waals surface area contributed by atoms with Crippen LogP contribution in [0.4, 0.5) is 5.69 Å². The zero-order valence-corrected chi connectivity index (χ0v) is 16.5. The molecule has 0 fully saturated rings. The zero-order chi connectivity index (χ0) is 17.6. The number of fused-ring (bicyclic) bond motifs is 1. The van der Waals surface area contributed by atoms with Gasteiger partial charge in [0.25, 0.3) is 0 Å². The molecule has 8 heteroatoms. The summed E-state index contributed by atoms with van der Waals surface area (Å²) >= 11 is 5.01. The van der Waals surface area contributed by atoms with E-state index in [9.17, 15) is 0 Å². The molecule has 5 nitrogen and oxygen atoms in total. The highest BCUT2D eigenvalue weighted by Crippen LogP contribution is 2.45. The van der Waals surface area contributed by atoms with Crippen LogP contribution in [0.15, 0.2) is 34.2 Å². The van der Waals surface area contributed by atoms with Crippen molar-refractivity contribution in [1.82, 2.24) is 19.5 Å². The minimum atomic E-state index is 0.463. The van der Waals surface area contributed by atoms with Crippen molar-refractivity contribution in [2.45, 2.75) is 23.3 Å². The van der Waals surface area contributed by atoms with Crippen LogP contribution < -0.4 is 5.73 Å². The van der Waals surface area contributed by atoms with Crippen molar-refractivity contribution in [3.05, 3.63) is 30.0 Å². The summed E-state index contributed by atoms with van der Waals surface area (Å²) < 4.78 is 3.12. The Kier molecular flexibility index (Phi) is 4.26. The van der Waals surface area contributed by atoms with Crippen LogP contribution in [0, 0.1) is 0 Å². The van der Waals surface area contributed by atoms with E-state index in [2.05, 4.69) is 29.9 Å². The summed E-state index contributed by atoms with van der Waals surface area (Å²) in [5, 5.41) is 4.32. The summed E-state index contributed by atoms with van der Waals surface area (Å²) in [6, 6.07) is 2.05. The molecule has 0 aromatic carbocycles. The van der Waals surface area contributed by atoms with Gasteiger partial charge in [0.1, 0.15) is 21.4 Å². The molecule has 0 aliphatic heterocycles. The largest absolute Gasteiger partial charge is 0.397 e. The maximum atomic E-state index is 6.51. The number of hydrogen-bond acceptors (Lipinski definition) is 7. The van der Waals surface area contributed by atoms with E-state index in [1.807, 2.05) is 23.2 Å². The van der Waals surface area contributed by atoms with Crippen LogP contribution in [0.3, 0.4) is 0 Å². The summed E-state index contributed by atoms with van der Waals surface area (Å²) in [6.45, 7) is 4.34. The van der Waals surface area contributed by atoms with Crippen LogP contribution in [0.1, 0.15) is 13.8 Å². The van der Waals surface area contributed by atoms with Gasteiger partial charge in [0.15, 0.2) is 0 Å². The Hall–Kier alpha value is -1.90. The summed E-state index contributed by atoms with van der Waals surface area (Å²) in [6.07, 6.45) is 5.54. The van der Waals surface area contributed by atoms with Crippen molar-refractivity contribution in [1.29, 1.82) is 0 Å². The number of nitrogens with zero attached hydrogens (tertiary/aromatic N) is 4. The van der Waals surface area contributed by atoms with E-state index >= 15 is 0 Å². The number of aryl methyl sites for hydroxylation is 1. The van der Waals surface area contributed by atoms with Crippen LogP contribution in [0.2, 0.25) is 0 Å². The fraction of sp³-hybridized carbons (Fsp3) is 0.235. The molecule has 0 atom stereocenters. The molecule has 4 aromatic heterocycles. The lowest BCUT2D eigenvalue weighted by Crippen LogP contribution is -1.96. The number of thioether (sulfide) groups is 1. The van der Waals surface area contributed by atoms with E-state index in [0.717, 1.165) is 42.2 Å². The normalized spacial score (nSPS) is 11.7. The molecule has 0 unspecified atom stereocenters. The Morgan fingerprint density at radius 3 is 2.72 bits per heavy atom. The molecule has 0 spiro atoms. The number of imidazole rings is 1. The molecule has 0 saturated carbocycles. The van der Waals surface area contributed by atoms with E-state index in [-0.39, 0.29) is 0 Å². The first-order chi connectivity index (χ1) is 12.0. The molecule has 2 N–H and O–H groups in total. The van der Waals surface area contributed by atoms with Crippen molar-refractivity contribution < 1.29 is 0 Å². The Morgan fingerprint density at radius 1 is 1.24 bits per heavy atom. The molecular formula is C17H17N5S3. The van der Waals surface area contributed by atoms with Gasteiger partial charge < -0.3 is 10.3 Å². The van der Waals surface area contributed by atoms with Crippen LogP contribution in [0.5, 0.6) is 0 Å². The number of thiazole rings is 1. The van der Waals surface area contributed by atoms with Crippen molar-refractivity contribution >= 4 is 50.3 Å². The Morgan fingerprint density at radius 2 is 2.08 bits per heavy atom. The van der Waals surface area contributed by atoms with E-state index in [1.54, 1.807) is 46.8 Å². The lowest BCUT2D eigenvalue weighted by molar-refractivity contribution is 0.926. The maximum Gasteiger partial charge on any atom is 0.141 e. The predicted octanol–water partition coefficient (Wildman–Crippen LogP) is 4.90. The van der Waals surface area contributed by atoms with Crippen LogP contribution >= 0.6 is 34.4 Å². The first-order valence-electron chi connectivity index (χ1n) is 7.82. The zero-order valence-electron chi connectivity index (χ0n) is 14.1. The van der Waals surface area contributed by atoms with Gasteiger partial charge >= 0.3 is 0 Å². The fourth-order valence-corrected chi connectivity index (χ4v) is 5.78. The first kappa shape index (κ1) is 16.6. The predicted molar refractivity (Wildman–Crippen MR) is 108 cm³/mol. The molecule has 0 saturated heterocycles. The molecule has 4 rings (SSSR count). The lowest BCUT2D eigenvalue weighted by atomic mass is 10.1. The van der Waals surface area contributed by atoms with Gasteiger partial charge in [-0.05, 0) is 6.07 Å². The van der Waals surface area contributed by atoms with Crippen LogP contribution in [0.25, 0.3) is 32.3 Å². The number of rotatable bonds is 4. The molecule has 25 heavy (non-hydrogen) atoms. The van der Waals surface area contributed by atoms with Crippen molar-refractivity contribution in [2.24, 2.45) is 7.05 Å². The monoisotopic (exact) mass is 387 g/mol. The Labute approximate surface area is 158 Å². The topological polar surface area (TPSA) is 69.6 Å². The number of pyridine rings is 1. The van der Waals surface area contributed by atoms with E-state index < -0.39 is 0 Å². The molecule has 128 valence electrons. The van der Waals surface area contributed by atoms with Crippen molar-refractivity contribution in [2.75, 3.05) is 5.73 Å². The summed E-state index contributed by atoms with van der Waals surface area (Å²) in [5.74, 6) is 0.885. The highest BCUT2D eigenvalue weighted by Gasteiger charge is 2.20. The molecule has 4 heterocycles. The quantitative estimate of drug-likeness (QED) is 0.504. The maximum absolute atomic E-state index is 6.51. The number of nitrogen functional groups attached to an aromatic ring is 1. The van der Waals surface area contributed by atoms with Gasteiger partial charge in [0, 0.05) is 47.2 Å². The molecule has 4 aromatic rings. The highest BCUT2D eigenvalue weighted by molar-refractivity contribution is 8.02. The molecular weight excluding hydrogens is 370 g/mol. The van der Waals surface area contributed by atoms with E-state index in [0.29, 0.717) is 5.25 Å². The van der Waals surface area contributed by atoms with Gasteiger partial charge in [-0.2, -0.15) is 0 Å². The third-order valence-electron chi connectivity index (χ3n) is 3.72. The average Bonchev–Trinajstić information content (AvgIpc) is 3.28. The summed E-state index contributed by atoms with van der Waals surface area (Å²) in [7, 11) is 1.99. The van der Waals surface area contributed by atoms with Gasteiger partial charge in [-0.3, -0.25) is 0 Å². The lowest BCUT2D eigenvalue weighted by Gasteiger charge is -2.07. The molecule has 0 aliphatic carbocycles. The molecule has 0 aliphatic rings. The standard InChI is InChI=1S/C17H17N5S3/c1-9(2)24-17-13(18)12-10(14-19-4-6-22(14)3)8-11(21-16(12)25-17)15-20-5-7-23-15/h4-9H,18H2,1-3H3. The van der Waals surface area contributed by atoms with Crippen molar-refractivity contribution in [3.63, 3.8) is 0 Å². The number of anilines is 1. The molecule has 0 amide bonds. The minimum absolute atomic E-state index is 0.463. The van der Waals surface area contributed by atoms with Gasteiger partial charge in [-0.25, -0.2) is 15.0 Å². The fourth-order valence-electron chi connectivity index (χ4n) is 2.66. The first-order valence-corrected chi connectivity index (χ1v) is 10.4. The second kappa shape index (κ2) is 6.44. The third-order valence-corrected chi connectivity index (χ3v) is 6.85. The van der Waals surface area contributed by atoms with Gasteiger partial charge in [0.05, 0.1) is 9.90 Å². The van der Waals surface area contributed by atoms with Gasteiger partial charge in [-0.15, -0.1) is 34.4 Å². The SMILES string of the molecule is CC(C)Sc1sc2nc(-c3nccs3)cc(-c3nccn3C)c2c1N. The van der Waals surface area contributed by atoms with Crippen LogP contribution in [-0.2, 0) is 7.05 Å². The van der Waals surface area contributed by atoms with Gasteiger partial charge in [0.2, 0.25) is 0 Å². The van der Waals surface area contributed by atoms with Crippen LogP contribution in [-0.4, -0.2) is 24.8 Å². The Bertz CT molecular complexity index is 1030. The van der Waals surface area contributed by atoms with E-state index in [1.165, 1.54) is 0 Å². The number of aromatic nitrogens is 4. The number of hydrogen-bond donors (Lipinski definition) is 1. The third kappa shape index (κ3) is 2.94. The number of nitrogens with two attached hydrogens (primary N) is 1. The van der Waals surface area contributed by atoms with Crippen molar-refractivity contribution in [3.8, 4) is 22.1 Å². The molecule has 0 bridgehead atoms. The number of thiophene rings is 1. The average molecular weight is 388 g/mol. The second-order valence-electron chi connectivity index (χ2n) is 5.90. The minimum Gasteiger partial charge on any atom is -0.397 e. The smallest absolute Gasteiger partial charge is 0.141 e. The highest BCUT2D eigenvalue weighted by atomic mass is 32.2. The Balaban J connectivity index is 2.02. The van der Waals surface area contributed by atoms with E-state index in [4.69, 9.17) is 10.7 Å². The summed E-state index contributed by atoms with van der Waals surface area (Å²) in [4.78, 5) is 14.7. The summed E-state index contributed by atoms with van der Waals surface area (Å²) in [5.41, 5.74) is 9.18.